The molecule has 84 valence electrons. The summed E-state index contributed by atoms with van der Waals surface area (Å²) in [5, 5.41) is 0. The lowest BCUT2D eigenvalue weighted by Crippen LogP contribution is -2.35. The molecule has 0 rings (SSSR count). The quantitative estimate of drug-likeness (QED) is 0.452. The van der Waals surface area contributed by atoms with Gasteiger partial charge in [-0.05, 0) is 32.5 Å². The number of hydrogen-bond acceptors (Lipinski definition) is 1. The Kier molecular flexibility index (Phi) is 6.37. The molecular formula is C12H26OSi. The maximum absolute atomic E-state index is 6.19. The van der Waals surface area contributed by atoms with E-state index >= 15 is 0 Å². The van der Waals surface area contributed by atoms with Gasteiger partial charge in [-0.3, -0.25) is 0 Å². The van der Waals surface area contributed by atoms with E-state index in [1.165, 1.54) is 24.5 Å². The Hall–Kier alpha value is -0.0831. The minimum atomic E-state index is -1.43. The van der Waals surface area contributed by atoms with E-state index in [9.17, 15) is 0 Å². The third-order valence-corrected chi connectivity index (χ3v) is 4.99. The number of hydrogen-bond donors (Lipinski definition) is 0. The van der Waals surface area contributed by atoms with Crippen molar-refractivity contribution in [1.82, 2.24) is 0 Å². The van der Waals surface area contributed by atoms with Gasteiger partial charge < -0.3 is 4.43 Å². The molecule has 0 amide bonds. The topological polar surface area (TPSA) is 9.23 Å². The molecule has 0 spiro atoms. The van der Waals surface area contributed by atoms with Gasteiger partial charge in [0, 0.05) is 0 Å². The van der Waals surface area contributed by atoms with Crippen LogP contribution in [0.5, 0.6) is 0 Å². The molecule has 0 N–H and O–H groups in total. The van der Waals surface area contributed by atoms with Gasteiger partial charge in [0.05, 0.1) is 6.10 Å². The van der Waals surface area contributed by atoms with Gasteiger partial charge in [-0.2, -0.15) is 0 Å². The monoisotopic (exact) mass is 214 g/mol. The van der Waals surface area contributed by atoms with Crippen LogP contribution in [0.25, 0.3) is 0 Å². The lowest BCUT2D eigenvalue weighted by molar-refractivity contribution is 0.222. The van der Waals surface area contributed by atoms with Crippen LogP contribution >= 0.6 is 0 Å². The van der Waals surface area contributed by atoms with E-state index in [-0.39, 0.29) is 6.10 Å². The van der Waals surface area contributed by atoms with Crippen molar-refractivity contribution in [3.8, 4) is 0 Å². The highest BCUT2D eigenvalue weighted by atomic mass is 28.4. The van der Waals surface area contributed by atoms with Crippen LogP contribution in [-0.4, -0.2) is 14.4 Å². The second kappa shape index (κ2) is 6.41. The van der Waals surface area contributed by atoms with E-state index < -0.39 is 8.32 Å². The number of unbranched alkanes of at least 4 members (excludes halogenated alkanes) is 1. The summed E-state index contributed by atoms with van der Waals surface area (Å²) in [6.45, 7) is 15.1. The Labute approximate surface area is 90.7 Å². The van der Waals surface area contributed by atoms with E-state index in [0.717, 1.165) is 6.42 Å². The molecule has 0 radical (unpaired) electrons. The minimum Gasteiger partial charge on any atom is -0.411 e. The molecule has 0 saturated carbocycles. The van der Waals surface area contributed by atoms with Crippen molar-refractivity contribution in [2.45, 2.75) is 65.3 Å². The molecule has 14 heavy (non-hydrogen) atoms. The molecule has 0 aliphatic rings. The predicted molar refractivity (Wildman–Crippen MR) is 67.2 cm³/mol. The lowest BCUT2D eigenvalue weighted by atomic mass is 10.1. The van der Waals surface area contributed by atoms with Crippen molar-refractivity contribution < 1.29 is 4.43 Å². The largest absolute Gasteiger partial charge is 0.411 e. The maximum atomic E-state index is 6.19. The van der Waals surface area contributed by atoms with Gasteiger partial charge >= 0.3 is 0 Å². The highest BCUT2D eigenvalue weighted by molar-refractivity contribution is 6.71. The van der Waals surface area contributed by atoms with Crippen molar-refractivity contribution in [1.29, 1.82) is 0 Å². The molecule has 0 bridgehead atoms. The standard InChI is InChI=1S/C12H26OSi/c1-7-9-10-14(5,6)13-12(8-2)11(3)4/h12H,3,7-10H2,1-2,4-6H3. The van der Waals surface area contributed by atoms with Crippen LogP contribution in [0, 0.1) is 0 Å². The molecule has 0 fully saturated rings. The predicted octanol–water partition coefficient (Wildman–Crippen LogP) is 4.36. The second-order valence-corrected chi connectivity index (χ2v) is 8.98. The summed E-state index contributed by atoms with van der Waals surface area (Å²) < 4.78 is 6.19. The summed E-state index contributed by atoms with van der Waals surface area (Å²) in [4.78, 5) is 0. The van der Waals surface area contributed by atoms with Gasteiger partial charge in [0.25, 0.3) is 0 Å². The first-order chi connectivity index (χ1) is 6.43. The molecule has 0 saturated heterocycles. The van der Waals surface area contributed by atoms with E-state index in [4.69, 9.17) is 4.43 Å². The summed E-state index contributed by atoms with van der Waals surface area (Å²) in [5.41, 5.74) is 1.17. The van der Waals surface area contributed by atoms with Gasteiger partial charge in [0.1, 0.15) is 0 Å². The van der Waals surface area contributed by atoms with E-state index in [0.29, 0.717) is 0 Å². The Morgan fingerprint density at radius 1 is 1.36 bits per heavy atom. The molecular weight excluding hydrogens is 188 g/mol. The van der Waals surface area contributed by atoms with Gasteiger partial charge in [-0.1, -0.05) is 38.8 Å². The van der Waals surface area contributed by atoms with Gasteiger partial charge in [0.15, 0.2) is 8.32 Å². The summed E-state index contributed by atoms with van der Waals surface area (Å²) in [6, 6.07) is 1.27. The molecule has 1 nitrogen and oxygen atoms in total. The average molecular weight is 214 g/mol. The zero-order chi connectivity index (χ0) is 11.2. The number of rotatable bonds is 7. The van der Waals surface area contributed by atoms with Crippen molar-refractivity contribution in [2.24, 2.45) is 0 Å². The van der Waals surface area contributed by atoms with Crippen molar-refractivity contribution in [2.75, 3.05) is 0 Å². The summed E-state index contributed by atoms with van der Waals surface area (Å²) in [7, 11) is -1.43. The molecule has 0 aliphatic carbocycles. The minimum absolute atomic E-state index is 0.286. The Bertz CT molecular complexity index is 175. The SMILES string of the molecule is C=C(C)C(CC)O[Si](C)(C)CCCC. The highest BCUT2D eigenvalue weighted by Crippen LogP contribution is 2.21. The first-order valence-corrected chi connectivity index (χ1v) is 8.87. The Balaban J connectivity index is 4.10. The van der Waals surface area contributed by atoms with E-state index in [2.05, 4.69) is 40.4 Å². The third-order valence-electron chi connectivity index (χ3n) is 2.51. The van der Waals surface area contributed by atoms with Crippen molar-refractivity contribution in [3.63, 3.8) is 0 Å². The van der Waals surface area contributed by atoms with Gasteiger partial charge in [0.2, 0.25) is 0 Å². The molecule has 0 aromatic rings. The molecule has 2 heteroatoms. The molecule has 0 heterocycles. The van der Waals surface area contributed by atoms with Crippen LogP contribution in [0.1, 0.15) is 40.0 Å². The normalized spacial score (nSPS) is 14.1. The molecule has 1 unspecified atom stereocenters. The highest BCUT2D eigenvalue weighted by Gasteiger charge is 2.25. The molecule has 0 aliphatic heterocycles. The van der Waals surface area contributed by atoms with Crippen LogP contribution in [-0.2, 0) is 4.43 Å². The third kappa shape index (κ3) is 5.61. The molecule has 0 aromatic carbocycles. The fourth-order valence-corrected chi connectivity index (χ4v) is 4.04. The maximum Gasteiger partial charge on any atom is 0.187 e. The van der Waals surface area contributed by atoms with Crippen molar-refractivity contribution >= 4 is 8.32 Å². The first-order valence-electron chi connectivity index (χ1n) is 5.76. The molecule has 1 atom stereocenters. The summed E-state index contributed by atoms with van der Waals surface area (Å²) >= 11 is 0. The van der Waals surface area contributed by atoms with E-state index in [1.807, 2.05) is 0 Å². The fourth-order valence-electron chi connectivity index (χ4n) is 1.58. The average Bonchev–Trinajstić information content (AvgIpc) is 2.10. The summed E-state index contributed by atoms with van der Waals surface area (Å²) in [5.74, 6) is 0. The first kappa shape index (κ1) is 13.9. The Morgan fingerprint density at radius 2 is 1.93 bits per heavy atom. The smallest absolute Gasteiger partial charge is 0.187 e. The second-order valence-electron chi connectivity index (χ2n) is 4.72. The Morgan fingerprint density at radius 3 is 2.29 bits per heavy atom. The van der Waals surface area contributed by atoms with Gasteiger partial charge in [-0.15, -0.1) is 0 Å². The fraction of sp³-hybridized carbons (Fsp3) is 0.833. The van der Waals surface area contributed by atoms with Gasteiger partial charge in [-0.25, -0.2) is 0 Å². The molecule has 0 aromatic heterocycles. The van der Waals surface area contributed by atoms with Crippen LogP contribution in [0.3, 0.4) is 0 Å². The van der Waals surface area contributed by atoms with Crippen LogP contribution in [0.2, 0.25) is 19.1 Å². The summed E-state index contributed by atoms with van der Waals surface area (Å²) in [6.07, 6.45) is 3.90. The van der Waals surface area contributed by atoms with E-state index in [1.54, 1.807) is 0 Å². The van der Waals surface area contributed by atoms with Crippen LogP contribution in [0.4, 0.5) is 0 Å². The zero-order valence-electron chi connectivity index (χ0n) is 10.5. The lowest BCUT2D eigenvalue weighted by Gasteiger charge is -2.29. The van der Waals surface area contributed by atoms with Crippen molar-refractivity contribution in [3.05, 3.63) is 12.2 Å². The zero-order valence-corrected chi connectivity index (χ0v) is 11.5. The van der Waals surface area contributed by atoms with Crippen LogP contribution < -0.4 is 0 Å². The van der Waals surface area contributed by atoms with Crippen LogP contribution in [0.15, 0.2) is 12.2 Å².